The van der Waals surface area contributed by atoms with Crippen LogP contribution in [-0.2, 0) is 6.42 Å². The van der Waals surface area contributed by atoms with Gasteiger partial charge >= 0.3 is 6.03 Å². The Morgan fingerprint density at radius 1 is 1.26 bits per heavy atom. The van der Waals surface area contributed by atoms with E-state index in [1.807, 2.05) is 6.07 Å². The summed E-state index contributed by atoms with van der Waals surface area (Å²) in [6.07, 6.45) is 2.93. The summed E-state index contributed by atoms with van der Waals surface area (Å²) < 4.78 is 0. The fourth-order valence-corrected chi connectivity index (χ4v) is 2.60. The Bertz CT molecular complexity index is 637. The van der Waals surface area contributed by atoms with Crippen molar-refractivity contribution in [1.82, 2.24) is 4.98 Å². The quantitative estimate of drug-likeness (QED) is 0.883. The molecule has 3 rings (SSSR count). The third-order valence-corrected chi connectivity index (χ3v) is 3.63. The topological polar surface area (TPSA) is 71.1 Å². The molecule has 0 saturated carbocycles. The first-order valence-corrected chi connectivity index (χ1v) is 6.74. The number of hydrogen-bond donors (Lipinski definition) is 2. The van der Waals surface area contributed by atoms with E-state index < -0.39 is 0 Å². The molecular weight excluding hydrogens is 262 g/mol. The van der Waals surface area contributed by atoms with Crippen LogP contribution >= 0.6 is 11.3 Å². The molecule has 2 N–H and O–H groups in total. The average Bonchev–Trinajstić information content (AvgIpc) is 3.00. The van der Waals surface area contributed by atoms with Gasteiger partial charge in [-0.25, -0.2) is 9.78 Å². The van der Waals surface area contributed by atoms with Crippen molar-refractivity contribution in [2.24, 2.45) is 0 Å². The summed E-state index contributed by atoms with van der Waals surface area (Å²) in [5, 5.41) is 7.71. The molecule has 1 aromatic heterocycles. The van der Waals surface area contributed by atoms with E-state index in [0.717, 1.165) is 17.5 Å². The molecule has 96 valence electrons. The summed E-state index contributed by atoms with van der Waals surface area (Å²) in [4.78, 5) is 27.2. The number of urea groups is 1. The van der Waals surface area contributed by atoms with Crippen molar-refractivity contribution in [2.45, 2.75) is 12.8 Å². The molecule has 1 aliphatic rings. The molecule has 0 fully saturated rings. The predicted octanol–water partition coefficient (Wildman–Crippen LogP) is 2.92. The van der Waals surface area contributed by atoms with Crippen molar-refractivity contribution in [3.8, 4) is 0 Å². The Hall–Kier alpha value is -2.21. The lowest BCUT2D eigenvalue weighted by Gasteiger charge is -2.07. The normalized spacial score (nSPS) is 13.2. The zero-order chi connectivity index (χ0) is 13.2. The summed E-state index contributed by atoms with van der Waals surface area (Å²) in [6.45, 7) is 0. The number of amides is 2. The van der Waals surface area contributed by atoms with Crippen LogP contribution in [0.2, 0.25) is 0 Å². The van der Waals surface area contributed by atoms with Gasteiger partial charge in [0.1, 0.15) is 0 Å². The van der Waals surface area contributed by atoms with E-state index in [9.17, 15) is 9.59 Å². The number of aryl methyl sites for hydroxylation is 1. The highest BCUT2D eigenvalue weighted by molar-refractivity contribution is 7.13. The highest BCUT2D eigenvalue weighted by atomic mass is 32.1. The summed E-state index contributed by atoms with van der Waals surface area (Å²) in [5.74, 6) is 0.175. The molecule has 0 spiro atoms. The van der Waals surface area contributed by atoms with Gasteiger partial charge in [-0.15, -0.1) is 11.3 Å². The first-order chi connectivity index (χ1) is 9.22. The first-order valence-electron chi connectivity index (χ1n) is 5.86. The number of anilines is 2. The maximum Gasteiger partial charge on any atom is 0.325 e. The van der Waals surface area contributed by atoms with Gasteiger partial charge in [0, 0.05) is 29.2 Å². The van der Waals surface area contributed by atoms with Crippen LogP contribution in [0.15, 0.2) is 29.8 Å². The van der Waals surface area contributed by atoms with Gasteiger partial charge < -0.3 is 5.32 Å². The largest absolute Gasteiger partial charge is 0.325 e. The van der Waals surface area contributed by atoms with Gasteiger partial charge in [0.25, 0.3) is 0 Å². The number of aromatic nitrogens is 1. The van der Waals surface area contributed by atoms with Crippen molar-refractivity contribution in [3.05, 3.63) is 40.9 Å². The fourth-order valence-electron chi connectivity index (χ4n) is 2.08. The monoisotopic (exact) mass is 273 g/mol. The van der Waals surface area contributed by atoms with E-state index in [-0.39, 0.29) is 11.8 Å². The lowest BCUT2D eigenvalue weighted by atomic mass is 10.1. The molecule has 0 saturated heterocycles. The molecule has 1 aromatic carbocycles. The van der Waals surface area contributed by atoms with Crippen LogP contribution in [0.25, 0.3) is 0 Å². The van der Waals surface area contributed by atoms with Crippen LogP contribution in [-0.4, -0.2) is 16.8 Å². The third kappa shape index (κ3) is 2.48. The second-order valence-corrected chi connectivity index (χ2v) is 5.11. The van der Waals surface area contributed by atoms with Crippen LogP contribution in [0.3, 0.4) is 0 Å². The van der Waals surface area contributed by atoms with E-state index in [2.05, 4.69) is 15.6 Å². The fraction of sp³-hybridized carbons (Fsp3) is 0.154. The van der Waals surface area contributed by atoms with Gasteiger partial charge in [-0.05, 0) is 30.2 Å². The minimum absolute atomic E-state index is 0.175. The van der Waals surface area contributed by atoms with Crippen molar-refractivity contribution < 1.29 is 9.59 Å². The number of rotatable bonds is 2. The van der Waals surface area contributed by atoms with Gasteiger partial charge in [0.15, 0.2) is 10.9 Å². The Labute approximate surface area is 113 Å². The highest BCUT2D eigenvalue weighted by Gasteiger charge is 2.19. The zero-order valence-electron chi connectivity index (χ0n) is 9.97. The zero-order valence-corrected chi connectivity index (χ0v) is 10.8. The van der Waals surface area contributed by atoms with Crippen molar-refractivity contribution in [2.75, 3.05) is 10.6 Å². The Balaban J connectivity index is 1.70. The minimum atomic E-state index is -0.334. The van der Waals surface area contributed by atoms with Gasteiger partial charge in [-0.2, -0.15) is 0 Å². The van der Waals surface area contributed by atoms with Crippen LogP contribution in [0.5, 0.6) is 0 Å². The van der Waals surface area contributed by atoms with Crippen LogP contribution in [0, 0.1) is 0 Å². The molecule has 1 heterocycles. The van der Waals surface area contributed by atoms with Crippen molar-refractivity contribution >= 4 is 34.0 Å². The second-order valence-electron chi connectivity index (χ2n) is 4.21. The summed E-state index contributed by atoms with van der Waals surface area (Å²) >= 11 is 1.35. The maximum atomic E-state index is 11.7. The van der Waals surface area contributed by atoms with Gasteiger partial charge in [-0.1, -0.05) is 0 Å². The molecule has 19 heavy (non-hydrogen) atoms. The van der Waals surface area contributed by atoms with Gasteiger partial charge in [-0.3, -0.25) is 10.1 Å². The highest BCUT2D eigenvalue weighted by Crippen LogP contribution is 2.25. The van der Waals surface area contributed by atoms with Gasteiger partial charge in [0.05, 0.1) is 0 Å². The summed E-state index contributed by atoms with van der Waals surface area (Å²) in [5.41, 5.74) is 2.45. The number of Topliss-reactive ketones (excluding diaryl/α,β-unsaturated/α-hetero) is 1. The number of hydrogen-bond acceptors (Lipinski definition) is 4. The Kier molecular flexibility index (Phi) is 3.00. The maximum absolute atomic E-state index is 11.7. The molecule has 0 atom stereocenters. The van der Waals surface area contributed by atoms with Crippen LogP contribution in [0.4, 0.5) is 15.6 Å². The molecule has 0 bridgehead atoms. The SMILES string of the molecule is O=C(Nc1ccc2c(c1)CCC2=O)Nc1nccs1. The number of nitrogens with zero attached hydrogens (tertiary/aromatic N) is 1. The van der Waals surface area contributed by atoms with Crippen LogP contribution in [0.1, 0.15) is 22.3 Å². The smallest absolute Gasteiger partial charge is 0.308 e. The number of fused-ring (bicyclic) bond motifs is 1. The molecular formula is C13H11N3O2S. The second kappa shape index (κ2) is 4.81. The van der Waals surface area contributed by atoms with Crippen molar-refractivity contribution in [3.63, 3.8) is 0 Å². The Morgan fingerprint density at radius 2 is 2.16 bits per heavy atom. The summed E-state index contributed by atoms with van der Waals surface area (Å²) in [7, 11) is 0. The standard InChI is InChI=1S/C13H11N3O2S/c17-11-4-1-8-7-9(2-3-10(8)11)15-12(18)16-13-14-5-6-19-13/h2-3,5-7H,1,4H2,(H2,14,15,16,18). The van der Waals surface area contributed by atoms with Crippen molar-refractivity contribution in [1.29, 1.82) is 0 Å². The van der Waals surface area contributed by atoms with E-state index >= 15 is 0 Å². The number of thiazole rings is 1. The van der Waals surface area contributed by atoms with E-state index in [1.54, 1.807) is 23.7 Å². The Morgan fingerprint density at radius 3 is 2.95 bits per heavy atom. The van der Waals surface area contributed by atoms with Gasteiger partial charge in [0.2, 0.25) is 0 Å². The molecule has 6 heteroatoms. The molecule has 2 aromatic rings. The number of ketones is 1. The number of nitrogens with one attached hydrogen (secondary N) is 2. The molecule has 0 radical (unpaired) electrons. The van der Waals surface area contributed by atoms with E-state index in [1.165, 1.54) is 11.3 Å². The molecule has 1 aliphatic carbocycles. The number of carbonyl (C=O) groups is 2. The molecule has 2 amide bonds. The first kappa shape index (κ1) is 11.9. The van der Waals surface area contributed by atoms with E-state index in [0.29, 0.717) is 17.2 Å². The molecule has 0 aliphatic heterocycles. The lowest BCUT2D eigenvalue weighted by molar-refractivity contribution is 0.0994. The lowest BCUT2D eigenvalue weighted by Crippen LogP contribution is -2.19. The van der Waals surface area contributed by atoms with E-state index in [4.69, 9.17) is 0 Å². The predicted molar refractivity (Wildman–Crippen MR) is 73.8 cm³/mol. The number of benzene rings is 1. The average molecular weight is 273 g/mol. The van der Waals surface area contributed by atoms with Crippen LogP contribution < -0.4 is 10.6 Å². The summed E-state index contributed by atoms with van der Waals surface area (Å²) in [6, 6.07) is 5.02. The third-order valence-electron chi connectivity index (χ3n) is 2.94. The minimum Gasteiger partial charge on any atom is -0.308 e. The number of carbonyl (C=O) groups excluding carboxylic acids is 2. The molecule has 0 unspecified atom stereocenters. The molecule has 5 nitrogen and oxygen atoms in total.